The molecule has 1 aromatic rings. The highest BCUT2D eigenvalue weighted by Gasteiger charge is 2.39. The summed E-state index contributed by atoms with van der Waals surface area (Å²) in [6.07, 6.45) is 6.11. The van der Waals surface area contributed by atoms with Gasteiger partial charge in [-0.25, -0.2) is 0 Å². The summed E-state index contributed by atoms with van der Waals surface area (Å²) in [5, 5.41) is 0.127. The van der Waals surface area contributed by atoms with Gasteiger partial charge in [0, 0.05) is 11.6 Å². The molecule has 1 heterocycles. The summed E-state index contributed by atoms with van der Waals surface area (Å²) in [6, 6.07) is 8.50. The van der Waals surface area contributed by atoms with Crippen molar-refractivity contribution in [2.24, 2.45) is 0 Å². The monoisotopic (exact) mass is 291 g/mol. The Kier molecular flexibility index (Phi) is 4.20. The smallest absolute Gasteiger partial charge is 0.234 e. The van der Waals surface area contributed by atoms with Gasteiger partial charge >= 0.3 is 0 Å². The summed E-state index contributed by atoms with van der Waals surface area (Å²) < 4.78 is 5.48. The third-order valence-corrected chi connectivity index (χ3v) is 5.49. The molecule has 20 heavy (non-hydrogen) atoms. The fourth-order valence-corrected chi connectivity index (χ4v) is 4.57. The Labute approximate surface area is 124 Å². The molecule has 2 aliphatic rings. The van der Waals surface area contributed by atoms with E-state index >= 15 is 0 Å². The molecule has 1 aliphatic carbocycles. The van der Waals surface area contributed by atoms with Crippen molar-refractivity contribution in [2.75, 3.05) is 12.9 Å². The average Bonchev–Trinajstić information content (AvgIpc) is 2.89. The van der Waals surface area contributed by atoms with Crippen LogP contribution in [0, 0.1) is 0 Å². The van der Waals surface area contributed by atoms with Crippen molar-refractivity contribution in [2.45, 2.75) is 43.5 Å². The molecule has 1 atom stereocenters. The van der Waals surface area contributed by atoms with Crippen molar-refractivity contribution >= 4 is 17.7 Å². The van der Waals surface area contributed by atoms with Crippen LogP contribution in [0.4, 0.5) is 0 Å². The van der Waals surface area contributed by atoms with Crippen molar-refractivity contribution in [3.8, 4) is 5.75 Å². The number of methoxy groups -OCH3 is 1. The zero-order chi connectivity index (χ0) is 13.9. The molecule has 2 fully saturated rings. The van der Waals surface area contributed by atoms with Gasteiger partial charge in [-0.05, 0) is 18.9 Å². The molecule has 0 N–H and O–H groups in total. The molecule has 1 amide bonds. The first kappa shape index (κ1) is 13.8. The minimum absolute atomic E-state index is 0.127. The van der Waals surface area contributed by atoms with Gasteiger partial charge in [-0.15, -0.1) is 11.8 Å². The molecule has 0 bridgehead atoms. The first-order chi connectivity index (χ1) is 9.81. The largest absolute Gasteiger partial charge is 0.496 e. The van der Waals surface area contributed by atoms with Crippen molar-refractivity contribution in [3.05, 3.63) is 29.8 Å². The number of benzene rings is 1. The summed E-state index contributed by atoms with van der Waals surface area (Å²) >= 11 is 1.73. The zero-order valence-electron chi connectivity index (χ0n) is 11.9. The first-order valence-electron chi connectivity index (χ1n) is 7.37. The topological polar surface area (TPSA) is 29.5 Å². The highest BCUT2D eigenvalue weighted by atomic mass is 32.2. The standard InChI is InChI=1S/C16H21NO2S/c1-19-14-10-6-5-9-13(14)16-17(15(18)11-20-16)12-7-3-2-4-8-12/h5-6,9-10,12,16H,2-4,7-8,11H2,1H3/t16-/m0/s1. The summed E-state index contributed by atoms with van der Waals surface area (Å²) in [5.41, 5.74) is 1.14. The van der Waals surface area contributed by atoms with E-state index in [1.54, 1.807) is 18.9 Å². The number of ether oxygens (including phenoxy) is 1. The molecule has 108 valence electrons. The predicted octanol–water partition coefficient (Wildman–Crippen LogP) is 3.60. The lowest BCUT2D eigenvalue weighted by Crippen LogP contribution is -2.39. The second-order valence-corrected chi connectivity index (χ2v) is 6.57. The molecular formula is C16H21NO2S. The third kappa shape index (κ3) is 2.53. The second kappa shape index (κ2) is 6.08. The number of thioether (sulfide) groups is 1. The quantitative estimate of drug-likeness (QED) is 0.852. The van der Waals surface area contributed by atoms with Gasteiger partial charge in [-0.1, -0.05) is 37.5 Å². The first-order valence-corrected chi connectivity index (χ1v) is 8.42. The molecule has 3 rings (SSSR count). The summed E-state index contributed by atoms with van der Waals surface area (Å²) in [7, 11) is 1.70. The highest BCUT2D eigenvalue weighted by molar-refractivity contribution is 8.00. The van der Waals surface area contributed by atoms with Crippen molar-refractivity contribution in [3.63, 3.8) is 0 Å². The highest BCUT2D eigenvalue weighted by Crippen LogP contribution is 2.45. The van der Waals surface area contributed by atoms with Crippen molar-refractivity contribution < 1.29 is 9.53 Å². The average molecular weight is 291 g/mol. The van der Waals surface area contributed by atoms with Gasteiger partial charge in [0.25, 0.3) is 0 Å². The Balaban J connectivity index is 1.89. The van der Waals surface area contributed by atoms with Crippen molar-refractivity contribution in [1.82, 2.24) is 4.90 Å². The SMILES string of the molecule is COc1ccccc1[C@@H]1SCC(=O)N1C1CCCCC1. The lowest BCUT2D eigenvalue weighted by atomic mass is 9.93. The number of carbonyl (C=O) groups excluding carboxylic acids is 1. The van der Waals surface area contributed by atoms with Crippen LogP contribution in [-0.4, -0.2) is 29.7 Å². The van der Waals surface area contributed by atoms with Crippen LogP contribution in [0.5, 0.6) is 5.75 Å². The summed E-state index contributed by atoms with van der Waals surface area (Å²) in [4.78, 5) is 14.4. The van der Waals surface area contributed by atoms with E-state index in [9.17, 15) is 4.79 Å². The van der Waals surface area contributed by atoms with Crippen LogP contribution in [-0.2, 0) is 4.79 Å². The minimum atomic E-state index is 0.127. The van der Waals surface area contributed by atoms with Crippen LogP contribution in [0.25, 0.3) is 0 Å². The molecule has 1 saturated heterocycles. The number of nitrogens with zero attached hydrogens (tertiary/aromatic N) is 1. The Morgan fingerprint density at radius 1 is 1.20 bits per heavy atom. The Hall–Kier alpha value is -1.16. The molecule has 0 radical (unpaired) electrons. The molecule has 0 aromatic heterocycles. The fraction of sp³-hybridized carbons (Fsp3) is 0.562. The molecular weight excluding hydrogens is 270 g/mol. The zero-order valence-corrected chi connectivity index (χ0v) is 12.7. The molecule has 1 saturated carbocycles. The van der Waals surface area contributed by atoms with Crippen molar-refractivity contribution in [1.29, 1.82) is 0 Å². The fourth-order valence-electron chi connectivity index (χ4n) is 3.30. The van der Waals surface area contributed by atoms with Crippen LogP contribution in [0.2, 0.25) is 0 Å². The molecule has 1 aliphatic heterocycles. The maximum absolute atomic E-state index is 12.3. The number of hydrogen-bond donors (Lipinski definition) is 0. The second-order valence-electron chi connectivity index (χ2n) is 5.50. The lowest BCUT2D eigenvalue weighted by Gasteiger charge is -2.35. The van der Waals surface area contributed by atoms with E-state index in [1.165, 1.54) is 19.3 Å². The van der Waals surface area contributed by atoms with Gasteiger partial charge in [-0.3, -0.25) is 4.79 Å². The van der Waals surface area contributed by atoms with E-state index in [0.29, 0.717) is 11.8 Å². The number of carbonyl (C=O) groups is 1. The van der Waals surface area contributed by atoms with Gasteiger partial charge in [-0.2, -0.15) is 0 Å². The Morgan fingerprint density at radius 2 is 1.95 bits per heavy atom. The van der Waals surface area contributed by atoms with Gasteiger partial charge in [0.15, 0.2) is 0 Å². The van der Waals surface area contributed by atoms with E-state index in [2.05, 4.69) is 11.0 Å². The molecule has 1 aromatic carbocycles. The summed E-state index contributed by atoms with van der Waals surface area (Å²) in [5.74, 6) is 1.78. The van der Waals surface area contributed by atoms with E-state index in [-0.39, 0.29) is 11.3 Å². The van der Waals surface area contributed by atoms with Crippen LogP contribution in [0.3, 0.4) is 0 Å². The summed E-state index contributed by atoms with van der Waals surface area (Å²) in [6.45, 7) is 0. The van der Waals surface area contributed by atoms with Crippen LogP contribution < -0.4 is 4.74 Å². The normalized spacial score (nSPS) is 24.1. The number of para-hydroxylation sites is 1. The van der Waals surface area contributed by atoms with E-state index in [4.69, 9.17) is 4.74 Å². The molecule has 3 nitrogen and oxygen atoms in total. The van der Waals surface area contributed by atoms with E-state index < -0.39 is 0 Å². The maximum Gasteiger partial charge on any atom is 0.234 e. The number of hydrogen-bond acceptors (Lipinski definition) is 3. The van der Waals surface area contributed by atoms with Gasteiger partial charge in [0.1, 0.15) is 11.1 Å². The molecule has 4 heteroatoms. The maximum atomic E-state index is 12.3. The Bertz CT molecular complexity index is 485. The predicted molar refractivity (Wildman–Crippen MR) is 81.9 cm³/mol. The minimum Gasteiger partial charge on any atom is -0.496 e. The van der Waals surface area contributed by atoms with Gasteiger partial charge in [0.2, 0.25) is 5.91 Å². The number of amides is 1. The third-order valence-electron chi connectivity index (χ3n) is 4.28. The molecule has 0 spiro atoms. The number of rotatable bonds is 3. The van der Waals surface area contributed by atoms with Crippen LogP contribution >= 0.6 is 11.8 Å². The lowest BCUT2D eigenvalue weighted by molar-refractivity contribution is -0.131. The Morgan fingerprint density at radius 3 is 2.70 bits per heavy atom. The van der Waals surface area contributed by atoms with E-state index in [1.807, 2.05) is 18.2 Å². The van der Waals surface area contributed by atoms with Crippen LogP contribution in [0.1, 0.15) is 43.0 Å². The van der Waals surface area contributed by atoms with Gasteiger partial charge < -0.3 is 9.64 Å². The van der Waals surface area contributed by atoms with Crippen LogP contribution in [0.15, 0.2) is 24.3 Å². The van der Waals surface area contributed by atoms with E-state index in [0.717, 1.165) is 24.2 Å². The van der Waals surface area contributed by atoms with Gasteiger partial charge in [0.05, 0.1) is 12.9 Å². The molecule has 0 unspecified atom stereocenters.